The second kappa shape index (κ2) is 8.86. The molecule has 0 unspecified atom stereocenters. The molecule has 2 bridgehead atoms. The minimum Gasteiger partial charge on any atom is -0.478 e. The highest BCUT2D eigenvalue weighted by Gasteiger charge is 2.53. The highest BCUT2D eigenvalue weighted by Crippen LogP contribution is 2.51. The van der Waals surface area contributed by atoms with E-state index in [1.807, 2.05) is 26.0 Å². The lowest BCUT2D eigenvalue weighted by Gasteiger charge is -2.53. The van der Waals surface area contributed by atoms with Gasteiger partial charge in [-0.3, -0.25) is 4.90 Å². The normalized spacial score (nSPS) is 26.4. The first-order valence-corrected chi connectivity index (χ1v) is 10.9. The molecule has 0 spiro atoms. The van der Waals surface area contributed by atoms with E-state index in [9.17, 15) is 9.50 Å². The first-order valence-electron chi connectivity index (χ1n) is 10.9. The van der Waals surface area contributed by atoms with E-state index in [4.69, 9.17) is 9.47 Å². The fourth-order valence-electron chi connectivity index (χ4n) is 5.03. The number of hydrogen-bond donors (Lipinski definition) is 1. The van der Waals surface area contributed by atoms with Gasteiger partial charge in [0.15, 0.2) is 0 Å². The fraction of sp³-hybridized carbons (Fsp3) is 0.565. The Morgan fingerprint density at radius 1 is 1.10 bits per heavy atom. The number of fused-ring (bicyclic) bond motifs is 2. The Labute approximate surface area is 177 Å². The van der Waals surface area contributed by atoms with Crippen LogP contribution in [0.2, 0.25) is 0 Å². The first-order chi connectivity index (χ1) is 14.5. The molecular weight excluding hydrogens is 385 g/mol. The average molecular weight is 416 g/mol. The molecule has 2 heterocycles. The molecule has 2 atom stereocenters. The Hall–Kier alpha value is -2.25. The predicted octanol–water partition coefficient (Wildman–Crippen LogP) is 3.53. The SMILES string of the molecule is CCOc1ncc(C2(O)[C@@H]3CCC[C@@H]2CN(Cc2ccc(F)cc2)C3)c(OCC)n1. The Balaban J connectivity index is 1.60. The van der Waals surface area contributed by atoms with Gasteiger partial charge in [-0.25, -0.2) is 9.37 Å². The standard InChI is InChI=1S/C23H30FN3O3/c1-3-29-21-20(12-25-22(26-21)30-4-2)23(28)17-6-5-7-18(23)15-27(14-17)13-16-8-10-19(24)11-9-16/h8-12,17-18,28H,3-7,13-15H2,1-2H3/t17-,18-/m1/s1. The topological polar surface area (TPSA) is 67.7 Å². The van der Waals surface area contributed by atoms with Crippen molar-refractivity contribution in [3.8, 4) is 11.9 Å². The van der Waals surface area contributed by atoms with Crippen molar-refractivity contribution in [3.05, 3.63) is 47.4 Å². The molecule has 1 saturated carbocycles. The van der Waals surface area contributed by atoms with Crippen LogP contribution in [0.5, 0.6) is 11.9 Å². The molecule has 1 aromatic carbocycles. The molecule has 4 rings (SSSR count). The summed E-state index contributed by atoms with van der Waals surface area (Å²) in [6.07, 6.45) is 4.66. The summed E-state index contributed by atoms with van der Waals surface area (Å²) in [6.45, 7) is 7.00. The molecule has 162 valence electrons. The summed E-state index contributed by atoms with van der Waals surface area (Å²) >= 11 is 0. The molecule has 0 amide bonds. The summed E-state index contributed by atoms with van der Waals surface area (Å²) in [5, 5.41) is 12.0. The van der Waals surface area contributed by atoms with Crippen molar-refractivity contribution < 1.29 is 19.0 Å². The third-order valence-corrected chi connectivity index (χ3v) is 6.34. The van der Waals surface area contributed by atoms with E-state index in [0.717, 1.165) is 44.5 Å². The van der Waals surface area contributed by atoms with Gasteiger partial charge in [0.2, 0.25) is 5.88 Å². The van der Waals surface area contributed by atoms with Crippen LogP contribution >= 0.6 is 0 Å². The number of nitrogens with zero attached hydrogens (tertiary/aromatic N) is 3. The summed E-state index contributed by atoms with van der Waals surface area (Å²) in [7, 11) is 0. The number of rotatable bonds is 7. The Bertz CT molecular complexity index is 847. The maximum atomic E-state index is 13.2. The minimum atomic E-state index is -1.02. The highest BCUT2D eigenvalue weighted by atomic mass is 19.1. The van der Waals surface area contributed by atoms with Gasteiger partial charge in [-0.1, -0.05) is 18.6 Å². The molecule has 2 fully saturated rings. The molecule has 1 aliphatic carbocycles. The summed E-state index contributed by atoms with van der Waals surface area (Å²) in [5.74, 6) is 0.322. The summed E-state index contributed by atoms with van der Waals surface area (Å²) in [6, 6.07) is 6.94. The van der Waals surface area contributed by atoms with Gasteiger partial charge in [-0.2, -0.15) is 4.98 Å². The van der Waals surface area contributed by atoms with Gasteiger partial charge >= 0.3 is 6.01 Å². The zero-order valence-corrected chi connectivity index (χ0v) is 17.7. The Morgan fingerprint density at radius 3 is 2.40 bits per heavy atom. The second-order valence-corrected chi connectivity index (χ2v) is 8.21. The van der Waals surface area contributed by atoms with Crippen LogP contribution in [0.25, 0.3) is 0 Å². The van der Waals surface area contributed by atoms with Crippen molar-refractivity contribution in [3.63, 3.8) is 0 Å². The number of benzene rings is 1. The quantitative estimate of drug-likeness (QED) is 0.746. The zero-order chi connectivity index (χ0) is 21.1. The van der Waals surface area contributed by atoms with Crippen LogP contribution in [0, 0.1) is 17.7 Å². The number of hydrogen-bond acceptors (Lipinski definition) is 6. The Kier molecular flexibility index (Phi) is 6.20. The molecule has 30 heavy (non-hydrogen) atoms. The molecule has 0 radical (unpaired) electrons. The summed E-state index contributed by atoms with van der Waals surface area (Å²) in [5.41, 5.74) is 0.732. The maximum absolute atomic E-state index is 13.2. The van der Waals surface area contributed by atoms with E-state index < -0.39 is 5.60 Å². The second-order valence-electron chi connectivity index (χ2n) is 8.21. The smallest absolute Gasteiger partial charge is 0.319 e. The third kappa shape index (κ3) is 4.01. The number of halogens is 1. The van der Waals surface area contributed by atoms with Gasteiger partial charge in [-0.05, 0) is 44.4 Å². The monoisotopic (exact) mass is 415 g/mol. The van der Waals surface area contributed by atoms with Crippen LogP contribution < -0.4 is 9.47 Å². The number of aromatic nitrogens is 2. The van der Waals surface area contributed by atoms with Crippen LogP contribution in [-0.2, 0) is 12.1 Å². The van der Waals surface area contributed by atoms with Gasteiger partial charge in [0.1, 0.15) is 11.4 Å². The minimum absolute atomic E-state index is 0.0613. The van der Waals surface area contributed by atoms with Crippen molar-refractivity contribution in [1.29, 1.82) is 0 Å². The number of piperidine rings is 1. The first kappa shape index (κ1) is 21.0. The lowest BCUT2D eigenvalue weighted by atomic mass is 9.63. The molecule has 1 aliphatic heterocycles. The zero-order valence-electron chi connectivity index (χ0n) is 17.7. The van der Waals surface area contributed by atoms with E-state index in [0.29, 0.717) is 24.7 Å². The van der Waals surface area contributed by atoms with Crippen LogP contribution in [0.3, 0.4) is 0 Å². The fourth-order valence-corrected chi connectivity index (χ4v) is 5.03. The molecular formula is C23H30FN3O3. The van der Waals surface area contributed by atoms with E-state index >= 15 is 0 Å². The van der Waals surface area contributed by atoms with E-state index in [1.54, 1.807) is 6.20 Å². The lowest BCUT2D eigenvalue weighted by molar-refractivity contribution is -0.150. The molecule has 1 aromatic heterocycles. The average Bonchev–Trinajstić information content (AvgIpc) is 2.71. The van der Waals surface area contributed by atoms with Gasteiger partial charge in [0.05, 0.1) is 18.8 Å². The molecule has 1 saturated heterocycles. The van der Waals surface area contributed by atoms with Gasteiger partial charge in [0.25, 0.3) is 0 Å². The summed E-state index contributed by atoms with van der Waals surface area (Å²) in [4.78, 5) is 11.1. The number of likely N-dealkylation sites (tertiary alicyclic amines) is 1. The molecule has 6 nitrogen and oxygen atoms in total. The van der Waals surface area contributed by atoms with Gasteiger partial charge in [-0.15, -0.1) is 0 Å². The van der Waals surface area contributed by atoms with Crippen LogP contribution in [-0.4, -0.2) is 46.3 Å². The summed E-state index contributed by atoms with van der Waals surface area (Å²) < 4.78 is 24.5. The van der Waals surface area contributed by atoms with Crippen molar-refractivity contribution in [1.82, 2.24) is 14.9 Å². The molecule has 7 heteroatoms. The van der Waals surface area contributed by atoms with Crippen LogP contribution in [0.1, 0.15) is 44.2 Å². The lowest BCUT2D eigenvalue weighted by Crippen LogP contribution is -2.58. The van der Waals surface area contributed by atoms with Crippen molar-refractivity contribution in [2.24, 2.45) is 11.8 Å². The third-order valence-electron chi connectivity index (χ3n) is 6.34. The van der Waals surface area contributed by atoms with E-state index in [-0.39, 0.29) is 23.7 Å². The van der Waals surface area contributed by atoms with Crippen LogP contribution in [0.15, 0.2) is 30.5 Å². The van der Waals surface area contributed by atoms with Crippen LogP contribution in [0.4, 0.5) is 4.39 Å². The van der Waals surface area contributed by atoms with E-state index in [1.165, 1.54) is 12.1 Å². The van der Waals surface area contributed by atoms with Crippen molar-refractivity contribution in [2.45, 2.75) is 45.3 Å². The Morgan fingerprint density at radius 2 is 1.77 bits per heavy atom. The van der Waals surface area contributed by atoms with Gasteiger partial charge < -0.3 is 14.6 Å². The maximum Gasteiger partial charge on any atom is 0.319 e. The molecule has 2 aliphatic rings. The molecule has 2 aromatic rings. The van der Waals surface area contributed by atoms with Gasteiger partial charge in [0, 0.05) is 37.7 Å². The predicted molar refractivity (Wildman–Crippen MR) is 111 cm³/mol. The largest absolute Gasteiger partial charge is 0.478 e. The van der Waals surface area contributed by atoms with E-state index in [2.05, 4.69) is 14.9 Å². The number of ether oxygens (including phenoxy) is 2. The highest BCUT2D eigenvalue weighted by molar-refractivity contribution is 5.34. The molecule has 1 N–H and O–H groups in total. The van der Waals surface area contributed by atoms with Crippen molar-refractivity contribution in [2.75, 3.05) is 26.3 Å². The van der Waals surface area contributed by atoms with Crippen molar-refractivity contribution >= 4 is 0 Å². The number of aliphatic hydroxyl groups is 1.